The largest absolute Gasteiger partial charge is 0.399 e. The van der Waals surface area contributed by atoms with Crippen molar-refractivity contribution < 1.29 is 14.9 Å². The molecule has 4 unspecified atom stereocenters. The number of anilines is 2. The fourth-order valence-corrected chi connectivity index (χ4v) is 6.02. The highest BCUT2D eigenvalue weighted by atomic mass is 79.9. The summed E-state index contributed by atoms with van der Waals surface area (Å²) in [6.07, 6.45) is 2.21. The summed E-state index contributed by atoms with van der Waals surface area (Å²) < 4.78 is 8.79. The van der Waals surface area contributed by atoms with Gasteiger partial charge < -0.3 is 36.6 Å². The third-order valence-electron chi connectivity index (χ3n) is 6.77. The van der Waals surface area contributed by atoms with E-state index in [1.54, 1.807) is 28.9 Å². The predicted octanol–water partition coefficient (Wildman–Crippen LogP) is 3.45. The molecule has 0 spiro atoms. The number of rotatable bonds is 14. The van der Waals surface area contributed by atoms with E-state index < -0.39 is 24.5 Å². The Labute approximate surface area is 257 Å². The van der Waals surface area contributed by atoms with E-state index in [2.05, 4.69) is 46.8 Å². The molecule has 0 amide bonds. The number of nitrogens with one attached hydrogen (secondary N) is 3. The summed E-state index contributed by atoms with van der Waals surface area (Å²) in [6.45, 7) is 1.85. The summed E-state index contributed by atoms with van der Waals surface area (Å²) in [5.41, 5.74) is 9.99. The van der Waals surface area contributed by atoms with Gasteiger partial charge in [0.25, 0.3) is 0 Å². The van der Waals surface area contributed by atoms with Gasteiger partial charge in [0.1, 0.15) is 18.5 Å². The molecule has 0 bridgehead atoms. The minimum Gasteiger partial charge on any atom is -0.399 e. The highest BCUT2D eigenvalue weighted by molar-refractivity contribution is 9.10. The summed E-state index contributed by atoms with van der Waals surface area (Å²) >= 11 is 5.16. The Morgan fingerprint density at radius 3 is 2.76 bits per heavy atom. The van der Waals surface area contributed by atoms with Crippen LogP contribution in [0.15, 0.2) is 83.6 Å². The lowest BCUT2D eigenvalue weighted by Crippen LogP contribution is -2.32. The molecule has 13 heteroatoms. The van der Waals surface area contributed by atoms with Gasteiger partial charge in [-0.1, -0.05) is 52.3 Å². The normalized spacial score (nSPS) is 20.6. The number of halogens is 1. The van der Waals surface area contributed by atoms with Gasteiger partial charge in [0, 0.05) is 40.9 Å². The Bertz CT molecular complexity index is 1470. The van der Waals surface area contributed by atoms with Gasteiger partial charge in [-0.15, -0.1) is 0 Å². The number of hydrogen-bond donors (Lipinski definition) is 6. The van der Waals surface area contributed by atoms with Crippen LogP contribution in [0.1, 0.15) is 18.2 Å². The zero-order chi connectivity index (χ0) is 29.3. The van der Waals surface area contributed by atoms with Crippen LogP contribution in [-0.2, 0) is 11.3 Å². The Morgan fingerprint density at radius 1 is 1.07 bits per heavy atom. The molecular formula is C29H35BrN8O3S. The number of ether oxygens (including phenoxy) is 1. The highest BCUT2D eigenvalue weighted by Crippen LogP contribution is 2.33. The van der Waals surface area contributed by atoms with Crippen LogP contribution in [0.2, 0.25) is 0 Å². The lowest BCUT2D eigenvalue weighted by Gasteiger charge is -2.16. The number of thioether (sulfide) groups is 1. The lowest BCUT2D eigenvalue weighted by atomic mass is 10.1. The van der Waals surface area contributed by atoms with Crippen LogP contribution in [0.4, 0.5) is 11.5 Å². The van der Waals surface area contributed by atoms with Crippen molar-refractivity contribution in [1.82, 2.24) is 24.8 Å². The van der Waals surface area contributed by atoms with E-state index in [9.17, 15) is 10.2 Å². The maximum atomic E-state index is 10.8. The zero-order valence-electron chi connectivity index (χ0n) is 22.9. The standard InChI is InChI=1S/C29H35BrN8O3S/c30-20-8-4-9-22(12-20)33-10-5-11-42-16-23-25(39)26(40)29(41-23)38-18-37-24-27(35-17-36-28(24)38)34-15-21(31)14-32-13-19-6-2-1-3-7-19/h1-4,6-9,12,14,17-18,23,25-26,29,32-33,39-40H,5,10-11,13,15-16,31H2,(H,34,35,36)/b21-14-. The van der Waals surface area contributed by atoms with Gasteiger partial charge in [0.05, 0.1) is 19.0 Å². The molecule has 1 saturated heterocycles. The van der Waals surface area contributed by atoms with Crippen LogP contribution in [0, 0.1) is 0 Å². The molecule has 1 aliphatic rings. The van der Waals surface area contributed by atoms with Crippen molar-refractivity contribution in [2.75, 3.05) is 35.2 Å². The maximum absolute atomic E-state index is 10.8. The summed E-state index contributed by atoms with van der Waals surface area (Å²) in [7, 11) is 0. The minimum absolute atomic E-state index is 0.347. The third-order valence-corrected chi connectivity index (χ3v) is 8.40. The van der Waals surface area contributed by atoms with Gasteiger partial charge in [0.2, 0.25) is 0 Å². The van der Waals surface area contributed by atoms with Crippen molar-refractivity contribution in [2.24, 2.45) is 5.73 Å². The zero-order valence-corrected chi connectivity index (χ0v) is 25.3. The number of aliphatic hydroxyl groups is 2. The second-order valence-corrected chi connectivity index (χ2v) is 12.0. The molecule has 0 aliphatic carbocycles. The molecule has 11 nitrogen and oxygen atoms in total. The van der Waals surface area contributed by atoms with Gasteiger partial charge in [-0.05, 0) is 35.9 Å². The summed E-state index contributed by atoms with van der Waals surface area (Å²) in [5.74, 6) is 1.96. The number of aliphatic hydroxyl groups excluding tert-OH is 2. The molecule has 1 fully saturated rings. The number of benzene rings is 2. The van der Waals surface area contributed by atoms with Gasteiger partial charge in [0.15, 0.2) is 23.2 Å². The van der Waals surface area contributed by atoms with Crippen molar-refractivity contribution in [1.29, 1.82) is 0 Å². The second kappa shape index (κ2) is 14.7. The second-order valence-electron chi connectivity index (χ2n) is 9.90. The minimum atomic E-state index is -1.12. The number of hydrogen-bond acceptors (Lipinski definition) is 11. The SMILES string of the molecule is N/C(=C\NCc1ccccc1)CNc1ncnc2c1ncn2C1OC(CSCCCNc2cccc(Br)c2)C(O)C1O. The fourth-order valence-electron chi connectivity index (χ4n) is 4.60. The van der Waals surface area contributed by atoms with E-state index in [4.69, 9.17) is 10.5 Å². The van der Waals surface area contributed by atoms with E-state index in [1.807, 2.05) is 54.6 Å². The first-order valence-corrected chi connectivity index (χ1v) is 15.7. The molecule has 1 aliphatic heterocycles. The molecule has 222 valence electrons. The Balaban J connectivity index is 1.11. The molecule has 2 aromatic heterocycles. The Hall–Kier alpha value is -3.36. The monoisotopic (exact) mass is 654 g/mol. The molecule has 5 rings (SSSR count). The average Bonchev–Trinajstić information content (AvgIpc) is 3.55. The number of nitrogens with two attached hydrogens (primary N) is 1. The van der Waals surface area contributed by atoms with Gasteiger partial charge >= 0.3 is 0 Å². The van der Waals surface area contributed by atoms with E-state index in [1.165, 1.54) is 6.33 Å². The van der Waals surface area contributed by atoms with E-state index in [-0.39, 0.29) is 0 Å². The van der Waals surface area contributed by atoms with Gasteiger partial charge in [-0.2, -0.15) is 11.8 Å². The average molecular weight is 656 g/mol. The first kappa shape index (κ1) is 30.1. The molecule has 42 heavy (non-hydrogen) atoms. The van der Waals surface area contributed by atoms with Crippen molar-refractivity contribution in [2.45, 2.75) is 37.5 Å². The van der Waals surface area contributed by atoms with Crippen LogP contribution in [0.3, 0.4) is 0 Å². The maximum Gasteiger partial charge on any atom is 0.167 e. The summed E-state index contributed by atoms with van der Waals surface area (Å²) in [5, 5.41) is 31.3. The van der Waals surface area contributed by atoms with Crippen LogP contribution >= 0.6 is 27.7 Å². The molecule has 3 heterocycles. The Kier molecular flexibility index (Phi) is 10.5. The van der Waals surface area contributed by atoms with E-state index >= 15 is 0 Å². The van der Waals surface area contributed by atoms with Gasteiger partial charge in [-0.25, -0.2) is 15.0 Å². The number of nitrogens with zero attached hydrogens (tertiary/aromatic N) is 4. The Morgan fingerprint density at radius 2 is 1.93 bits per heavy atom. The third kappa shape index (κ3) is 7.72. The number of imidazole rings is 1. The van der Waals surface area contributed by atoms with Crippen LogP contribution in [-0.4, -0.2) is 72.6 Å². The lowest BCUT2D eigenvalue weighted by molar-refractivity contribution is -0.0289. The number of aromatic nitrogens is 4. The molecule has 0 radical (unpaired) electrons. The quantitative estimate of drug-likeness (QED) is 0.111. The molecule has 4 aromatic rings. The van der Waals surface area contributed by atoms with Crippen molar-refractivity contribution in [3.8, 4) is 0 Å². The summed E-state index contributed by atoms with van der Waals surface area (Å²) in [6, 6.07) is 18.1. The topological polar surface area (TPSA) is 155 Å². The first-order valence-electron chi connectivity index (χ1n) is 13.7. The predicted molar refractivity (Wildman–Crippen MR) is 170 cm³/mol. The molecular weight excluding hydrogens is 620 g/mol. The highest BCUT2D eigenvalue weighted by Gasteiger charge is 2.44. The van der Waals surface area contributed by atoms with Crippen molar-refractivity contribution in [3.63, 3.8) is 0 Å². The van der Waals surface area contributed by atoms with Crippen molar-refractivity contribution >= 4 is 50.4 Å². The van der Waals surface area contributed by atoms with Crippen LogP contribution in [0.5, 0.6) is 0 Å². The summed E-state index contributed by atoms with van der Waals surface area (Å²) in [4.78, 5) is 13.2. The first-order chi connectivity index (χ1) is 20.5. The molecule has 7 N–H and O–H groups in total. The van der Waals surface area contributed by atoms with Crippen molar-refractivity contribution in [3.05, 3.63) is 89.2 Å². The molecule has 4 atom stereocenters. The molecule has 2 aromatic carbocycles. The van der Waals surface area contributed by atoms with Crippen LogP contribution < -0.4 is 21.7 Å². The molecule has 0 saturated carbocycles. The van der Waals surface area contributed by atoms with Gasteiger partial charge in [-0.3, -0.25) is 4.57 Å². The fraction of sp³-hybridized carbons (Fsp3) is 0.345. The van der Waals surface area contributed by atoms with Crippen LogP contribution in [0.25, 0.3) is 11.2 Å². The smallest absolute Gasteiger partial charge is 0.167 e. The number of fused-ring (bicyclic) bond motifs is 1. The van der Waals surface area contributed by atoms with E-state index in [0.717, 1.165) is 34.4 Å². The van der Waals surface area contributed by atoms with E-state index in [0.29, 0.717) is 41.5 Å².